The molecule has 0 heterocycles. The molecule has 1 fully saturated rings. The van der Waals surface area contributed by atoms with Gasteiger partial charge >= 0.3 is 0 Å². The Labute approximate surface area is 151 Å². The van der Waals surface area contributed by atoms with Gasteiger partial charge in [-0.15, -0.1) is 0 Å². The van der Waals surface area contributed by atoms with Crippen LogP contribution in [0.15, 0.2) is 48.5 Å². The summed E-state index contributed by atoms with van der Waals surface area (Å²) in [5.41, 5.74) is 1.35. The largest absolute Gasteiger partial charge is 0.479 e. The van der Waals surface area contributed by atoms with E-state index in [-0.39, 0.29) is 11.3 Å². The van der Waals surface area contributed by atoms with Gasteiger partial charge in [-0.3, -0.25) is 4.79 Å². The van der Waals surface area contributed by atoms with Crippen LogP contribution in [-0.2, 0) is 10.2 Å². The smallest absolute Gasteiger partial charge is 0.260 e. The van der Waals surface area contributed by atoms with Crippen LogP contribution < -0.4 is 10.1 Å². The molecule has 1 N–H and O–H groups in total. The van der Waals surface area contributed by atoms with Crippen molar-refractivity contribution in [1.29, 1.82) is 0 Å². The first-order chi connectivity index (χ1) is 11.5. The van der Waals surface area contributed by atoms with Crippen molar-refractivity contribution in [3.05, 3.63) is 64.1 Å². The van der Waals surface area contributed by atoms with Gasteiger partial charge in [0, 0.05) is 12.0 Å². The number of halogens is 2. The molecule has 2 aromatic rings. The second kappa shape index (κ2) is 7.04. The van der Waals surface area contributed by atoms with E-state index in [0.717, 1.165) is 12.8 Å². The lowest BCUT2D eigenvalue weighted by Gasteiger charge is -2.20. The lowest BCUT2D eigenvalue weighted by molar-refractivity contribution is -0.127. The Bertz CT molecular complexity index is 729. The summed E-state index contributed by atoms with van der Waals surface area (Å²) in [4.78, 5) is 12.3. The van der Waals surface area contributed by atoms with E-state index in [4.69, 9.17) is 27.9 Å². The fourth-order valence-corrected chi connectivity index (χ4v) is 3.07. The summed E-state index contributed by atoms with van der Waals surface area (Å²) < 4.78 is 5.65. The number of carbonyl (C=O) groups excluding carboxylic acids is 1. The number of rotatable bonds is 6. The molecule has 3 nitrogen and oxygen atoms in total. The van der Waals surface area contributed by atoms with Crippen molar-refractivity contribution in [1.82, 2.24) is 5.32 Å². The van der Waals surface area contributed by atoms with Crippen molar-refractivity contribution in [3.63, 3.8) is 0 Å². The minimum absolute atomic E-state index is 0.0738. The van der Waals surface area contributed by atoms with Crippen molar-refractivity contribution in [3.8, 4) is 5.75 Å². The highest BCUT2D eigenvalue weighted by atomic mass is 35.5. The van der Waals surface area contributed by atoms with Gasteiger partial charge in [-0.2, -0.15) is 0 Å². The molecule has 1 aliphatic rings. The molecule has 0 aliphatic heterocycles. The van der Waals surface area contributed by atoms with Crippen LogP contribution >= 0.6 is 23.2 Å². The first kappa shape index (κ1) is 17.1. The highest BCUT2D eigenvalue weighted by Crippen LogP contribution is 2.47. The molecular formula is C19H19Cl2NO2. The van der Waals surface area contributed by atoms with E-state index >= 15 is 0 Å². The van der Waals surface area contributed by atoms with Crippen molar-refractivity contribution >= 4 is 29.1 Å². The van der Waals surface area contributed by atoms with Gasteiger partial charge in [-0.05, 0) is 37.5 Å². The fraction of sp³-hybridized carbons (Fsp3) is 0.316. The van der Waals surface area contributed by atoms with E-state index in [9.17, 15) is 4.79 Å². The Morgan fingerprint density at radius 2 is 1.88 bits per heavy atom. The predicted octanol–water partition coefficient (Wildman–Crippen LogP) is 4.61. The molecule has 2 aromatic carbocycles. The number of nitrogens with one attached hydrogen (secondary N) is 1. The van der Waals surface area contributed by atoms with Gasteiger partial charge < -0.3 is 10.1 Å². The van der Waals surface area contributed by atoms with Gasteiger partial charge in [-0.25, -0.2) is 0 Å². The van der Waals surface area contributed by atoms with Gasteiger partial charge in [-0.1, -0.05) is 59.6 Å². The van der Waals surface area contributed by atoms with E-state index < -0.39 is 6.10 Å². The lowest BCUT2D eigenvalue weighted by Crippen LogP contribution is -2.40. The van der Waals surface area contributed by atoms with Crippen LogP contribution in [0.2, 0.25) is 10.0 Å². The first-order valence-electron chi connectivity index (χ1n) is 7.96. The Kier molecular flexibility index (Phi) is 5.02. The third kappa shape index (κ3) is 3.68. The van der Waals surface area contributed by atoms with Crippen molar-refractivity contribution < 1.29 is 9.53 Å². The lowest BCUT2D eigenvalue weighted by atomic mass is 9.96. The Balaban J connectivity index is 1.58. The van der Waals surface area contributed by atoms with Crippen molar-refractivity contribution in [2.24, 2.45) is 0 Å². The maximum atomic E-state index is 12.3. The molecule has 5 heteroatoms. The topological polar surface area (TPSA) is 38.3 Å². The van der Waals surface area contributed by atoms with E-state index in [2.05, 4.69) is 17.4 Å². The zero-order valence-electron chi connectivity index (χ0n) is 13.4. The summed E-state index contributed by atoms with van der Waals surface area (Å²) in [5.74, 6) is 0.254. The van der Waals surface area contributed by atoms with Crippen LogP contribution in [0.4, 0.5) is 0 Å². The van der Waals surface area contributed by atoms with Crippen molar-refractivity contribution in [2.75, 3.05) is 6.54 Å². The van der Waals surface area contributed by atoms with Gasteiger partial charge in [0.2, 0.25) is 0 Å². The number of ether oxygens (including phenoxy) is 1. The highest BCUT2D eigenvalue weighted by molar-refractivity contribution is 6.42. The molecule has 1 saturated carbocycles. The summed E-state index contributed by atoms with van der Waals surface area (Å²) in [6, 6.07) is 15.4. The number of benzene rings is 2. The van der Waals surface area contributed by atoms with Gasteiger partial charge in [0.15, 0.2) is 6.10 Å². The second-order valence-electron chi connectivity index (χ2n) is 6.18. The van der Waals surface area contributed by atoms with E-state index in [1.54, 1.807) is 25.1 Å². The molecule has 1 atom stereocenters. The van der Waals surface area contributed by atoms with Crippen LogP contribution in [-0.4, -0.2) is 18.6 Å². The normalized spacial score (nSPS) is 16.3. The average Bonchev–Trinajstić information content (AvgIpc) is 3.39. The van der Waals surface area contributed by atoms with E-state index in [1.165, 1.54) is 5.56 Å². The standard InChI is InChI=1S/C19H19Cl2NO2/c1-13(24-16-9-5-8-15(20)17(16)21)18(23)22-12-19(10-11-19)14-6-3-2-4-7-14/h2-9,13H,10-12H2,1H3,(H,22,23). The fourth-order valence-electron chi connectivity index (χ4n) is 2.73. The first-order valence-corrected chi connectivity index (χ1v) is 8.71. The summed E-state index contributed by atoms with van der Waals surface area (Å²) in [5, 5.41) is 3.72. The third-order valence-electron chi connectivity index (χ3n) is 4.43. The Hall–Kier alpha value is -1.71. The van der Waals surface area contributed by atoms with Crippen molar-refractivity contribution in [2.45, 2.75) is 31.3 Å². The van der Waals surface area contributed by atoms with Gasteiger partial charge in [0.25, 0.3) is 5.91 Å². The number of hydrogen-bond acceptors (Lipinski definition) is 2. The minimum Gasteiger partial charge on any atom is -0.479 e. The maximum absolute atomic E-state index is 12.3. The molecule has 1 unspecified atom stereocenters. The van der Waals surface area contributed by atoms with E-state index in [0.29, 0.717) is 22.3 Å². The third-order valence-corrected chi connectivity index (χ3v) is 5.23. The molecule has 1 amide bonds. The molecule has 0 saturated heterocycles. The molecule has 0 spiro atoms. The quantitative estimate of drug-likeness (QED) is 0.813. The molecule has 24 heavy (non-hydrogen) atoms. The summed E-state index contributed by atoms with van der Waals surface area (Å²) in [6.07, 6.45) is 1.53. The van der Waals surface area contributed by atoms with Crippen LogP contribution in [0.3, 0.4) is 0 Å². The average molecular weight is 364 g/mol. The summed E-state index contributed by atoms with van der Waals surface area (Å²) in [7, 11) is 0. The monoisotopic (exact) mass is 363 g/mol. The van der Waals surface area contributed by atoms with Crippen LogP contribution in [0.1, 0.15) is 25.3 Å². The zero-order chi connectivity index (χ0) is 17.2. The van der Waals surface area contributed by atoms with Gasteiger partial charge in [0.05, 0.1) is 5.02 Å². The SMILES string of the molecule is CC(Oc1cccc(Cl)c1Cl)C(=O)NCC1(c2ccccc2)CC1. The molecule has 3 rings (SSSR count). The van der Waals surface area contributed by atoms with Gasteiger partial charge in [0.1, 0.15) is 10.8 Å². The predicted molar refractivity (Wildman–Crippen MR) is 96.9 cm³/mol. The highest BCUT2D eigenvalue weighted by Gasteiger charge is 2.44. The van der Waals surface area contributed by atoms with Crippen LogP contribution in [0.25, 0.3) is 0 Å². The number of amides is 1. The number of carbonyl (C=O) groups is 1. The number of hydrogen-bond donors (Lipinski definition) is 1. The zero-order valence-corrected chi connectivity index (χ0v) is 14.9. The molecule has 0 bridgehead atoms. The second-order valence-corrected chi connectivity index (χ2v) is 6.96. The molecule has 126 valence electrons. The summed E-state index contributed by atoms with van der Waals surface area (Å²) in [6.45, 7) is 2.32. The Morgan fingerprint density at radius 1 is 1.17 bits per heavy atom. The molecule has 1 aliphatic carbocycles. The molecule has 0 radical (unpaired) electrons. The van der Waals surface area contributed by atoms with Crippen LogP contribution in [0.5, 0.6) is 5.75 Å². The Morgan fingerprint density at radius 3 is 2.54 bits per heavy atom. The van der Waals surface area contributed by atoms with E-state index in [1.807, 2.05) is 18.2 Å². The van der Waals surface area contributed by atoms with Crippen LogP contribution in [0, 0.1) is 0 Å². The summed E-state index contributed by atoms with van der Waals surface area (Å²) >= 11 is 12.1. The maximum Gasteiger partial charge on any atom is 0.260 e. The molecular weight excluding hydrogens is 345 g/mol. The minimum atomic E-state index is -0.646. The molecule has 0 aromatic heterocycles.